The first-order valence-electron chi connectivity index (χ1n) is 6.67. The van der Waals surface area contributed by atoms with Gasteiger partial charge in [0.25, 0.3) is 0 Å². The third-order valence-electron chi connectivity index (χ3n) is 3.37. The van der Waals surface area contributed by atoms with Crippen molar-refractivity contribution in [3.05, 3.63) is 22.8 Å². The first-order chi connectivity index (χ1) is 9.01. The highest BCUT2D eigenvalue weighted by atomic mass is 35.5. The van der Waals surface area contributed by atoms with Crippen LogP contribution in [-0.2, 0) is 0 Å². The van der Waals surface area contributed by atoms with Crippen LogP contribution in [0.25, 0.3) is 0 Å². The molecule has 0 radical (unpaired) electrons. The van der Waals surface area contributed by atoms with Crippen molar-refractivity contribution in [1.82, 2.24) is 4.98 Å². The average Bonchev–Trinajstić information content (AvgIpc) is 2.39. The number of anilines is 1. The number of pyridine rings is 1. The van der Waals surface area contributed by atoms with E-state index in [2.05, 4.69) is 23.7 Å². The maximum Gasteiger partial charge on any atom is 0.335 e. The van der Waals surface area contributed by atoms with E-state index in [4.69, 9.17) is 16.7 Å². The van der Waals surface area contributed by atoms with Gasteiger partial charge in [0.1, 0.15) is 11.0 Å². The second kappa shape index (κ2) is 7.34. The number of aromatic nitrogens is 1. The maximum atomic E-state index is 11.0. The number of hydrogen-bond donors (Lipinski definition) is 1. The van der Waals surface area contributed by atoms with Gasteiger partial charge in [-0.1, -0.05) is 38.3 Å². The van der Waals surface area contributed by atoms with E-state index in [1.54, 1.807) is 6.07 Å². The van der Waals surface area contributed by atoms with Crippen LogP contribution in [0.4, 0.5) is 5.82 Å². The molecule has 0 aromatic carbocycles. The summed E-state index contributed by atoms with van der Waals surface area (Å²) in [4.78, 5) is 17.4. The lowest BCUT2D eigenvalue weighted by atomic mass is 10.0. The van der Waals surface area contributed by atoms with E-state index in [-0.39, 0.29) is 10.7 Å². The molecule has 0 atom stereocenters. The summed E-state index contributed by atoms with van der Waals surface area (Å²) < 4.78 is 0. The van der Waals surface area contributed by atoms with E-state index in [9.17, 15) is 4.79 Å². The van der Waals surface area contributed by atoms with Gasteiger partial charge in [-0.25, -0.2) is 9.78 Å². The molecule has 5 heteroatoms. The maximum absolute atomic E-state index is 11.0. The number of rotatable bonds is 7. The van der Waals surface area contributed by atoms with Gasteiger partial charge in [0.2, 0.25) is 0 Å². The molecule has 1 aromatic heterocycles. The van der Waals surface area contributed by atoms with Crippen molar-refractivity contribution < 1.29 is 9.90 Å². The fourth-order valence-corrected chi connectivity index (χ4v) is 2.22. The largest absolute Gasteiger partial charge is 0.478 e. The molecule has 0 bridgehead atoms. The number of carbonyl (C=O) groups is 1. The Bertz CT molecular complexity index is 433. The molecule has 0 saturated carbocycles. The Morgan fingerprint density at radius 3 is 2.47 bits per heavy atom. The number of nitrogens with zero attached hydrogens (tertiary/aromatic N) is 2. The van der Waals surface area contributed by atoms with Gasteiger partial charge in [0.15, 0.2) is 0 Å². The molecule has 0 aliphatic rings. The highest BCUT2D eigenvalue weighted by molar-refractivity contribution is 6.29. The SMILES string of the molecule is CCC(CC)CN(CC)c1cc(C(=O)O)cc(Cl)n1. The molecule has 0 amide bonds. The van der Waals surface area contributed by atoms with E-state index in [1.807, 2.05) is 6.92 Å². The molecule has 0 fully saturated rings. The highest BCUT2D eigenvalue weighted by Crippen LogP contribution is 2.21. The van der Waals surface area contributed by atoms with Crippen molar-refractivity contribution in [2.75, 3.05) is 18.0 Å². The highest BCUT2D eigenvalue weighted by Gasteiger charge is 2.15. The summed E-state index contributed by atoms with van der Waals surface area (Å²) in [5.74, 6) is 0.234. The second-order valence-electron chi connectivity index (χ2n) is 4.56. The Morgan fingerprint density at radius 1 is 1.37 bits per heavy atom. The number of halogens is 1. The Kier molecular flexibility index (Phi) is 6.09. The van der Waals surface area contributed by atoms with Crippen LogP contribution in [0.2, 0.25) is 5.15 Å². The quantitative estimate of drug-likeness (QED) is 0.776. The van der Waals surface area contributed by atoms with E-state index < -0.39 is 5.97 Å². The minimum atomic E-state index is -0.982. The van der Waals surface area contributed by atoms with E-state index in [0.717, 1.165) is 25.9 Å². The zero-order valence-corrected chi connectivity index (χ0v) is 12.4. The predicted molar refractivity (Wildman–Crippen MR) is 78.2 cm³/mol. The Hall–Kier alpha value is -1.29. The van der Waals surface area contributed by atoms with Crippen molar-refractivity contribution in [3.63, 3.8) is 0 Å². The lowest BCUT2D eigenvalue weighted by Gasteiger charge is -2.26. The van der Waals surface area contributed by atoms with Gasteiger partial charge in [0, 0.05) is 13.1 Å². The summed E-state index contributed by atoms with van der Waals surface area (Å²) in [5.41, 5.74) is 0.179. The zero-order valence-electron chi connectivity index (χ0n) is 11.7. The molecule has 0 aliphatic heterocycles. The molecular formula is C14H21ClN2O2. The molecule has 0 aliphatic carbocycles. The summed E-state index contributed by atoms with van der Waals surface area (Å²) in [6.45, 7) is 8.01. The fourth-order valence-electron chi connectivity index (χ4n) is 2.01. The standard InChI is InChI=1S/C14H21ClN2O2/c1-4-10(5-2)9-17(6-3)13-8-11(14(18)19)7-12(15)16-13/h7-8,10H,4-6,9H2,1-3H3,(H,18,19). The second-order valence-corrected chi connectivity index (χ2v) is 4.95. The minimum Gasteiger partial charge on any atom is -0.478 e. The molecule has 106 valence electrons. The monoisotopic (exact) mass is 284 g/mol. The first-order valence-corrected chi connectivity index (χ1v) is 7.05. The Balaban J connectivity index is 3.00. The van der Waals surface area contributed by atoms with Crippen molar-refractivity contribution in [2.45, 2.75) is 33.6 Å². The molecule has 0 unspecified atom stereocenters. The Labute approximate surface area is 119 Å². The van der Waals surface area contributed by atoms with Gasteiger partial charge in [-0.05, 0) is 25.0 Å². The van der Waals surface area contributed by atoms with Crippen LogP contribution >= 0.6 is 11.6 Å². The van der Waals surface area contributed by atoms with Gasteiger partial charge >= 0.3 is 5.97 Å². The first kappa shape index (κ1) is 15.8. The van der Waals surface area contributed by atoms with E-state index >= 15 is 0 Å². The summed E-state index contributed by atoms with van der Waals surface area (Å²) >= 11 is 5.90. The van der Waals surface area contributed by atoms with Crippen molar-refractivity contribution >= 4 is 23.4 Å². The number of aromatic carboxylic acids is 1. The van der Waals surface area contributed by atoms with Crippen LogP contribution in [0, 0.1) is 5.92 Å². The van der Waals surface area contributed by atoms with Gasteiger partial charge in [-0.2, -0.15) is 0 Å². The molecule has 19 heavy (non-hydrogen) atoms. The molecule has 0 spiro atoms. The molecule has 1 rings (SSSR count). The van der Waals surface area contributed by atoms with Crippen LogP contribution in [0.5, 0.6) is 0 Å². The molecule has 4 nitrogen and oxygen atoms in total. The number of carboxylic acids is 1. The lowest BCUT2D eigenvalue weighted by Crippen LogP contribution is -2.30. The third kappa shape index (κ3) is 4.39. The summed E-state index contributed by atoms with van der Waals surface area (Å²) in [6, 6.07) is 2.96. The zero-order chi connectivity index (χ0) is 14.4. The molecule has 1 heterocycles. The van der Waals surface area contributed by atoms with Gasteiger partial charge in [0.05, 0.1) is 5.56 Å². The van der Waals surface area contributed by atoms with Crippen molar-refractivity contribution in [3.8, 4) is 0 Å². The van der Waals surface area contributed by atoms with Crippen LogP contribution in [-0.4, -0.2) is 29.1 Å². The molecular weight excluding hydrogens is 264 g/mol. The number of carboxylic acid groups (broad SMARTS) is 1. The normalized spacial score (nSPS) is 10.8. The summed E-state index contributed by atoms with van der Waals surface area (Å²) in [6.07, 6.45) is 2.19. The topological polar surface area (TPSA) is 53.4 Å². The molecule has 0 saturated heterocycles. The van der Waals surface area contributed by atoms with E-state index in [1.165, 1.54) is 6.07 Å². The Morgan fingerprint density at radius 2 is 2.00 bits per heavy atom. The average molecular weight is 285 g/mol. The van der Waals surface area contributed by atoms with Gasteiger partial charge in [-0.15, -0.1) is 0 Å². The van der Waals surface area contributed by atoms with Crippen molar-refractivity contribution in [2.24, 2.45) is 5.92 Å². The van der Waals surface area contributed by atoms with E-state index in [0.29, 0.717) is 11.7 Å². The smallest absolute Gasteiger partial charge is 0.335 e. The minimum absolute atomic E-state index is 0.179. The fraction of sp³-hybridized carbons (Fsp3) is 0.571. The predicted octanol–water partition coefficient (Wildman–Crippen LogP) is 3.70. The lowest BCUT2D eigenvalue weighted by molar-refractivity contribution is 0.0697. The number of hydrogen-bond acceptors (Lipinski definition) is 3. The van der Waals surface area contributed by atoms with Gasteiger partial charge < -0.3 is 10.0 Å². The summed E-state index contributed by atoms with van der Waals surface area (Å²) in [7, 11) is 0. The molecule has 1 N–H and O–H groups in total. The van der Waals surface area contributed by atoms with Crippen LogP contribution < -0.4 is 4.90 Å². The van der Waals surface area contributed by atoms with Crippen LogP contribution in [0.1, 0.15) is 44.0 Å². The molecule has 1 aromatic rings. The van der Waals surface area contributed by atoms with Gasteiger partial charge in [-0.3, -0.25) is 0 Å². The van der Waals surface area contributed by atoms with Crippen molar-refractivity contribution in [1.29, 1.82) is 0 Å². The van der Waals surface area contributed by atoms with Crippen LogP contribution in [0.3, 0.4) is 0 Å². The summed E-state index contributed by atoms with van der Waals surface area (Å²) in [5, 5.41) is 9.28. The van der Waals surface area contributed by atoms with Crippen LogP contribution in [0.15, 0.2) is 12.1 Å². The third-order valence-corrected chi connectivity index (χ3v) is 3.56.